The lowest BCUT2D eigenvalue weighted by Crippen LogP contribution is -2.41. The Kier molecular flexibility index (Phi) is 8.55. The summed E-state index contributed by atoms with van der Waals surface area (Å²) in [6.45, 7) is 5.90. The van der Waals surface area contributed by atoms with Crippen molar-refractivity contribution >= 4 is 29.1 Å². The van der Waals surface area contributed by atoms with Crippen LogP contribution in [0.3, 0.4) is 0 Å². The van der Waals surface area contributed by atoms with Crippen molar-refractivity contribution in [2.24, 2.45) is 0 Å². The lowest BCUT2D eigenvalue weighted by Gasteiger charge is -2.17. The zero-order valence-electron chi connectivity index (χ0n) is 18.0. The molecule has 0 atom stereocenters. The number of rotatable bonds is 9. The van der Waals surface area contributed by atoms with Gasteiger partial charge in [-0.1, -0.05) is 37.3 Å². The predicted molar refractivity (Wildman–Crippen MR) is 120 cm³/mol. The molecule has 0 aliphatic heterocycles. The molecule has 2 aromatic rings. The molecule has 7 heteroatoms. The molecule has 0 spiro atoms. The monoisotopic (exact) mass is 410 g/mol. The number of benzene rings is 2. The number of carbonyl (C=O) groups is 3. The number of likely N-dealkylation sites (N-methyl/N-ethyl adjacent to an activating group) is 1. The van der Waals surface area contributed by atoms with E-state index in [1.165, 1.54) is 0 Å². The van der Waals surface area contributed by atoms with Gasteiger partial charge in [0.15, 0.2) is 0 Å². The second-order valence-corrected chi connectivity index (χ2v) is 7.30. The molecule has 30 heavy (non-hydrogen) atoms. The van der Waals surface area contributed by atoms with E-state index in [2.05, 4.69) is 16.0 Å². The fourth-order valence-corrected chi connectivity index (χ4v) is 3.00. The molecular formula is C23H30N4O3. The van der Waals surface area contributed by atoms with Gasteiger partial charge in [-0.05, 0) is 56.1 Å². The summed E-state index contributed by atoms with van der Waals surface area (Å²) < 4.78 is 0. The Bertz CT molecular complexity index is 911. The Hall–Kier alpha value is -3.19. The highest BCUT2D eigenvalue weighted by atomic mass is 16.2. The lowest BCUT2D eigenvalue weighted by atomic mass is 10.1. The first-order valence-corrected chi connectivity index (χ1v) is 9.99. The summed E-state index contributed by atoms with van der Waals surface area (Å²) in [7, 11) is 1.68. The van der Waals surface area contributed by atoms with Crippen LogP contribution in [-0.2, 0) is 20.8 Å². The van der Waals surface area contributed by atoms with E-state index in [4.69, 9.17) is 0 Å². The quantitative estimate of drug-likeness (QED) is 0.592. The first kappa shape index (κ1) is 23.1. The van der Waals surface area contributed by atoms with Gasteiger partial charge in [-0.3, -0.25) is 19.3 Å². The molecule has 0 aromatic heterocycles. The van der Waals surface area contributed by atoms with Crippen molar-refractivity contribution in [3.8, 4) is 0 Å². The summed E-state index contributed by atoms with van der Waals surface area (Å²) in [5.74, 6) is -0.816. The smallest absolute Gasteiger partial charge is 0.243 e. The van der Waals surface area contributed by atoms with Crippen molar-refractivity contribution in [1.82, 2.24) is 10.2 Å². The van der Waals surface area contributed by atoms with Crippen LogP contribution in [0.1, 0.15) is 23.6 Å². The molecule has 2 rings (SSSR count). The molecular weight excluding hydrogens is 380 g/mol. The van der Waals surface area contributed by atoms with E-state index in [1.807, 2.05) is 63.2 Å². The van der Waals surface area contributed by atoms with E-state index in [0.717, 1.165) is 34.5 Å². The van der Waals surface area contributed by atoms with Crippen LogP contribution < -0.4 is 16.0 Å². The maximum absolute atomic E-state index is 12.2. The van der Waals surface area contributed by atoms with Gasteiger partial charge in [0, 0.05) is 11.4 Å². The van der Waals surface area contributed by atoms with Gasteiger partial charge < -0.3 is 16.0 Å². The van der Waals surface area contributed by atoms with Gasteiger partial charge in [0.05, 0.1) is 19.6 Å². The average Bonchev–Trinajstić information content (AvgIpc) is 2.70. The second-order valence-electron chi connectivity index (χ2n) is 7.30. The molecule has 3 amide bonds. The molecule has 0 radical (unpaired) electrons. The van der Waals surface area contributed by atoms with Crippen LogP contribution in [0.2, 0.25) is 0 Å². The molecule has 0 heterocycles. The van der Waals surface area contributed by atoms with Gasteiger partial charge in [0.1, 0.15) is 0 Å². The molecule has 0 aliphatic rings. The van der Waals surface area contributed by atoms with E-state index >= 15 is 0 Å². The van der Waals surface area contributed by atoms with Crippen LogP contribution in [0.5, 0.6) is 0 Å². The summed E-state index contributed by atoms with van der Waals surface area (Å²) in [5, 5.41) is 8.26. The first-order valence-electron chi connectivity index (χ1n) is 9.99. The minimum absolute atomic E-state index is 0.0129. The summed E-state index contributed by atoms with van der Waals surface area (Å²) in [6.07, 6.45) is 0.803. The third-order valence-corrected chi connectivity index (χ3v) is 4.82. The van der Waals surface area contributed by atoms with E-state index in [0.29, 0.717) is 0 Å². The van der Waals surface area contributed by atoms with E-state index in [-0.39, 0.29) is 37.4 Å². The van der Waals surface area contributed by atoms with Crippen LogP contribution in [0, 0.1) is 13.8 Å². The van der Waals surface area contributed by atoms with Crippen molar-refractivity contribution in [1.29, 1.82) is 0 Å². The number of aryl methyl sites for hydroxylation is 2. The maximum Gasteiger partial charge on any atom is 0.243 e. The Morgan fingerprint density at radius 2 is 1.47 bits per heavy atom. The van der Waals surface area contributed by atoms with Crippen LogP contribution in [0.15, 0.2) is 42.5 Å². The number of anilines is 2. The fraction of sp³-hybridized carbons (Fsp3) is 0.348. The summed E-state index contributed by atoms with van der Waals surface area (Å²) >= 11 is 0. The van der Waals surface area contributed by atoms with Crippen LogP contribution in [-0.4, -0.2) is 49.3 Å². The Balaban J connectivity index is 1.75. The molecule has 7 nitrogen and oxygen atoms in total. The van der Waals surface area contributed by atoms with Crippen LogP contribution >= 0.6 is 0 Å². The highest BCUT2D eigenvalue weighted by Gasteiger charge is 2.13. The van der Waals surface area contributed by atoms with Gasteiger partial charge in [-0.25, -0.2) is 0 Å². The van der Waals surface area contributed by atoms with E-state index in [1.54, 1.807) is 11.9 Å². The predicted octanol–water partition coefficient (Wildman–Crippen LogP) is 2.49. The summed E-state index contributed by atoms with van der Waals surface area (Å²) in [4.78, 5) is 38.1. The zero-order chi connectivity index (χ0) is 22.1. The average molecular weight is 411 g/mol. The number of amides is 3. The number of hydrogen-bond acceptors (Lipinski definition) is 4. The van der Waals surface area contributed by atoms with E-state index < -0.39 is 0 Å². The minimum Gasteiger partial charge on any atom is -0.346 e. The third kappa shape index (κ3) is 7.00. The largest absolute Gasteiger partial charge is 0.346 e. The topological polar surface area (TPSA) is 90.5 Å². The molecule has 3 N–H and O–H groups in total. The van der Waals surface area contributed by atoms with Crippen molar-refractivity contribution in [3.63, 3.8) is 0 Å². The third-order valence-electron chi connectivity index (χ3n) is 4.82. The second kappa shape index (κ2) is 11.1. The number of nitrogens with zero attached hydrogens (tertiary/aromatic N) is 1. The number of para-hydroxylation sites is 1. The standard InChI is InChI=1S/C23H30N4O3/c1-5-18-10-6-7-11-20(18)26-21(28)13-24-22(29)14-27(4)15-23(30)25-19-12-8-9-16(2)17(19)3/h6-12H,5,13-15H2,1-4H3,(H,24,29)(H,25,30)(H,26,28). The summed E-state index contributed by atoms with van der Waals surface area (Å²) in [5.41, 5.74) is 4.66. The normalized spacial score (nSPS) is 10.6. The van der Waals surface area contributed by atoms with Crippen molar-refractivity contribution < 1.29 is 14.4 Å². The fourth-order valence-electron chi connectivity index (χ4n) is 3.00. The highest BCUT2D eigenvalue weighted by Crippen LogP contribution is 2.18. The van der Waals surface area contributed by atoms with Crippen LogP contribution in [0.25, 0.3) is 0 Å². The molecule has 0 fully saturated rings. The van der Waals surface area contributed by atoms with Crippen molar-refractivity contribution in [2.45, 2.75) is 27.2 Å². The minimum atomic E-state index is -0.323. The molecule has 2 aromatic carbocycles. The van der Waals surface area contributed by atoms with Crippen LogP contribution in [0.4, 0.5) is 11.4 Å². The molecule has 0 saturated carbocycles. The van der Waals surface area contributed by atoms with Gasteiger partial charge in [0.25, 0.3) is 0 Å². The van der Waals surface area contributed by atoms with Gasteiger partial charge in [-0.15, -0.1) is 0 Å². The van der Waals surface area contributed by atoms with E-state index in [9.17, 15) is 14.4 Å². The molecule has 0 saturated heterocycles. The Morgan fingerprint density at radius 3 is 2.20 bits per heavy atom. The molecule has 0 unspecified atom stereocenters. The Labute approximate surface area is 177 Å². The highest BCUT2D eigenvalue weighted by molar-refractivity contribution is 5.96. The zero-order valence-corrected chi connectivity index (χ0v) is 18.0. The molecule has 160 valence electrons. The first-order chi connectivity index (χ1) is 14.3. The number of nitrogens with one attached hydrogen (secondary N) is 3. The van der Waals surface area contributed by atoms with Gasteiger partial charge in [0.2, 0.25) is 17.7 Å². The van der Waals surface area contributed by atoms with Crippen molar-refractivity contribution in [2.75, 3.05) is 37.3 Å². The number of carbonyl (C=O) groups excluding carboxylic acids is 3. The number of hydrogen-bond donors (Lipinski definition) is 3. The molecule has 0 aliphatic carbocycles. The van der Waals surface area contributed by atoms with Crippen molar-refractivity contribution in [3.05, 3.63) is 59.2 Å². The van der Waals surface area contributed by atoms with Gasteiger partial charge in [-0.2, -0.15) is 0 Å². The molecule has 0 bridgehead atoms. The lowest BCUT2D eigenvalue weighted by molar-refractivity contribution is -0.125. The van der Waals surface area contributed by atoms with Gasteiger partial charge >= 0.3 is 0 Å². The maximum atomic E-state index is 12.2. The SMILES string of the molecule is CCc1ccccc1NC(=O)CNC(=O)CN(C)CC(=O)Nc1cccc(C)c1C. The Morgan fingerprint density at radius 1 is 0.833 bits per heavy atom. The summed E-state index contributed by atoms with van der Waals surface area (Å²) in [6, 6.07) is 13.3.